The Morgan fingerprint density at radius 3 is 2.48 bits per heavy atom. The van der Waals surface area contributed by atoms with Crippen molar-refractivity contribution in [1.82, 2.24) is 0 Å². The summed E-state index contributed by atoms with van der Waals surface area (Å²) in [7, 11) is 0. The number of nitrogens with one attached hydrogen (secondary N) is 1. The number of halogens is 2. The van der Waals surface area contributed by atoms with Gasteiger partial charge in [-0.1, -0.05) is 12.1 Å². The van der Waals surface area contributed by atoms with Crippen molar-refractivity contribution >= 4 is 11.6 Å². The van der Waals surface area contributed by atoms with Crippen molar-refractivity contribution in [3.8, 4) is 17.2 Å². The quantitative estimate of drug-likeness (QED) is 0.758. The molecule has 0 aromatic heterocycles. The molecular formula is C14H11F2NO4. The first-order valence-electron chi connectivity index (χ1n) is 5.84. The summed E-state index contributed by atoms with van der Waals surface area (Å²) >= 11 is 0. The number of hydrogen-bond donors (Lipinski definition) is 3. The number of anilines is 1. The molecule has 1 amide bonds. The number of carbonyl (C=O) groups is 1. The van der Waals surface area contributed by atoms with Crippen LogP contribution in [0.15, 0.2) is 42.5 Å². The summed E-state index contributed by atoms with van der Waals surface area (Å²) in [5.74, 6) is -1.65. The Balaban J connectivity index is 2.21. The predicted molar refractivity (Wildman–Crippen MR) is 70.8 cm³/mol. The maximum Gasteiger partial charge on any atom is 0.387 e. The van der Waals surface area contributed by atoms with Crippen LogP contribution >= 0.6 is 0 Å². The fraction of sp³-hybridized carbons (Fsp3) is 0.0714. The van der Waals surface area contributed by atoms with Crippen molar-refractivity contribution < 1.29 is 28.5 Å². The number of amides is 1. The Morgan fingerprint density at radius 2 is 1.81 bits per heavy atom. The van der Waals surface area contributed by atoms with Gasteiger partial charge in [-0.2, -0.15) is 8.78 Å². The van der Waals surface area contributed by atoms with E-state index >= 15 is 0 Å². The molecular weight excluding hydrogens is 284 g/mol. The van der Waals surface area contributed by atoms with E-state index in [9.17, 15) is 23.8 Å². The highest BCUT2D eigenvalue weighted by molar-refractivity contribution is 6.05. The van der Waals surface area contributed by atoms with Gasteiger partial charge in [0.05, 0.1) is 5.69 Å². The first-order valence-corrected chi connectivity index (χ1v) is 5.84. The summed E-state index contributed by atoms with van der Waals surface area (Å²) in [6, 6.07) is 9.20. The standard InChI is InChI=1S/C14H11F2NO4/c15-14(16)21-12-4-2-1-3-9(12)17-13(20)8-5-6-10(18)11(19)7-8/h1-7,14,18-19H,(H,17,20). The molecule has 5 nitrogen and oxygen atoms in total. The number of phenols is 2. The Bertz CT molecular complexity index is 661. The van der Waals surface area contributed by atoms with E-state index in [1.807, 2.05) is 0 Å². The third-order valence-electron chi connectivity index (χ3n) is 2.59. The molecule has 2 aromatic carbocycles. The third kappa shape index (κ3) is 3.59. The van der Waals surface area contributed by atoms with Crippen LogP contribution in [0.1, 0.15) is 10.4 Å². The van der Waals surface area contributed by atoms with Gasteiger partial charge in [0.25, 0.3) is 5.91 Å². The zero-order valence-corrected chi connectivity index (χ0v) is 10.6. The average molecular weight is 295 g/mol. The smallest absolute Gasteiger partial charge is 0.387 e. The molecule has 110 valence electrons. The molecule has 3 N–H and O–H groups in total. The monoisotopic (exact) mass is 295 g/mol. The number of hydrogen-bond acceptors (Lipinski definition) is 4. The number of aromatic hydroxyl groups is 2. The topological polar surface area (TPSA) is 78.8 Å². The second-order valence-corrected chi connectivity index (χ2v) is 4.03. The van der Waals surface area contributed by atoms with E-state index in [2.05, 4.69) is 10.1 Å². The second kappa shape index (κ2) is 6.08. The summed E-state index contributed by atoms with van der Waals surface area (Å²) in [6.45, 7) is -3.01. The molecule has 21 heavy (non-hydrogen) atoms. The molecule has 0 radical (unpaired) electrons. The van der Waals surface area contributed by atoms with Crippen LogP contribution in [0.25, 0.3) is 0 Å². The van der Waals surface area contributed by atoms with Crippen molar-refractivity contribution in [3.63, 3.8) is 0 Å². The fourth-order valence-electron chi connectivity index (χ4n) is 1.63. The van der Waals surface area contributed by atoms with Crippen LogP contribution in [0, 0.1) is 0 Å². The van der Waals surface area contributed by atoms with Crippen LogP contribution in [0.2, 0.25) is 0 Å². The molecule has 2 rings (SSSR count). The molecule has 7 heteroatoms. The second-order valence-electron chi connectivity index (χ2n) is 4.03. The molecule has 0 fully saturated rings. The zero-order chi connectivity index (χ0) is 15.4. The zero-order valence-electron chi connectivity index (χ0n) is 10.6. The van der Waals surface area contributed by atoms with Gasteiger partial charge in [-0.25, -0.2) is 0 Å². The van der Waals surface area contributed by atoms with Crippen LogP contribution in [0.3, 0.4) is 0 Å². The van der Waals surface area contributed by atoms with Gasteiger partial charge in [0.1, 0.15) is 5.75 Å². The molecule has 0 atom stereocenters. The number of phenolic OH excluding ortho intramolecular Hbond substituents is 2. The van der Waals surface area contributed by atoms with Gasteiger partial charge >= 0.3 is 6.61 Å². The summed E-state index contributed by atoms with van der Waals surface area (Å²) in [6.07, 6.45) is 0. The first kappa shape index (κ1) is 14.6. The average Bonchev–Trinajstić information content (AvgIpc) is 2.43. The SMILES string of the molecule is O=C(Nc1ccccc1OC(F)F)c1ccc(O)c(O)c1. The summed E-state index contributed by atoms with van der Waals surface area (Å²) < 4.78 is 28.8. The molecule has 0 spiro atoms. The van der Waals surface area contributed by atoms with Crippen molar-refractivity contribution in [2.24, 2.45) is 0 Å². The number of ether oxygens (including phenoxy) is 1. The van der Waals surface area contributed by atoms with Crippen molar-refractivity contribution in [3.05, 3.63) is 48.0 Å². The van der Waals surface area contributed by atoms with E-state index in [4.69, 9.17) is 0 Å². The third-order valence-corrected chi connectivity index (χ3v) is 2.59. The highest BCUT2D eigenvalue weighted by atomic mass is 19.3. The molecule has 0 saturated carbocycles. The van der Waals surface area contributed by atoms with E-state index < -0.39 is 18.3 Å². The summed E-state index contributed by atoms with van der Waals surface area (Å²) in [5.41, 5.74) is 0.118. The molecule has 0 saturated heterocycles. The Kier molecular flexibility index (Phi) is 4.22. The van der Waals surface area contributed by atoms with Gasteiger partial charge in [0, 0.05) is 5.56 Å². The normalized spacial score (nSPS) is 10.4. The fourth-order valence-corrected chi connectivity index (χ4v) is 1.63. The van der Waals surface area contributed by atoms with E-state index in [-0.39, 0.29) is 22.7 Å². The van der Waals surface area contributed by atoms with Crippen molar-refractivity contribution in [2.45, 2.75) is 6.61 Å². The minimum absolute atomic E-state index is 0.0529. The summed E-state index contributed by atoms with van der Waals surface area (Å²) in [5, 5.41) is 20.9. The predicted octanol–water partition coefficient (Wildman–Crippen LogP) is 2.95. The molecule has 0 aliphatic rings. The van der Waals surface area contributed by atoms with Crippen LogP contribution in [-0.4, -0.2) is 22.7 Å². The highest BCUT2D eigenvalue weighted by Gasteiger charge is 2.13. The number of alkyl halides is 2. The van der Waals surface area contributed by atoms with Crippen LogP contribution in [-0.2, 0) is 0 Å². The van der Waals surface area contributed by atoms with E-state index in [1.54, 1.807) is 6.07 Å². The van der Waals surface area contributed by atoms with Crippen molar-refractivity contribution in [1.29, 1.82) is 0 Å². The largest absolute Gasteiger partial charge is 0.504 e. The molecule has 0 aliphatic heterocycles. The van der Waals surface area contributed by atoms with Crippen molar-refractivity contribution in [2.75, 3.05) is 5.32 Å². The van der Waals surface area contributed by atoms with E-state index in [0.29, 0.717) is 0 Å². The number of benzene rings is 2. The summed E-state index contributed by atoms with van der Waals surface area (Å²) in [4.78, 5) is 12.0. The maximum atomic E-state index is 12.3. The highest BCUT2D eigenvalue weighted by Crippen LogP contribution is 2.28. The van der Waals surface area contributed by atoms with Gasteiger partial charge in [-0.3, -0.25) is 4.79 Å². The molecule has 0 heterocycles. The maximum absolute atomic E-state index is 12.3. The lowest BCUT2D eigenvalue weighted by molar-refractivity contribution is -0.0493. The lowest BCUT2D eigenvalue weighted by Gasteiger charge is -2.11. The minimum atomic E-state index is -3.01. The van der Waals surface area contributed by atoms with Crippen LogP contribution in [0.5, 0.6) is 17.2 Å². The number of para-hydroxylation sites is 2. The van der Waals surface area contributed by atoms with Crippen LogP contribution in [0.4, 0.5) is 14.5 Å². The number of rotatable bonds is 4. The molecule has 2 aromatic rings. The number of carbonyl (C=O) groups excluding carboxylic acids is 1. The van der Waals surface area contributed by atoms with Gasteiger partial charge in [0.15, 0.2) is 11.5 Å². The molecule has 0 aliphatic carbocycles. The molecule has 0 bridgehead atoms. The first-order chi connectivity index (χ1) is 9.97. The molecule has 0 unspecified atom stereocenters. The Morgan fingerprint density at radius 1 is 1.10 bits per heavy atom. The lowest BCUT2D eigenvalue weighted by Crippen LogP contribution is -2.13. The van der Waals surface area contributed by atoms with Gasteiger partial charge in [0.2, 0.25) is 0 Å². The minimum Gasteiger partial charge on any atom is -0.504 e. The van der Waals surface area contributed by atoms with Gasteiger partial charge < -0.3 is 20.3 Å². The lowest BCUT2D eigenvalue weighted by atomic mass is 10.2. The Hall–Kier alpha value is -2.83. The van der Waals surface area contributed by atoms with E-state index in [1.165, 1.54) is 24.3 Å². The Labute approximate surface area is 118 Å². The van der Waals surface area contributed by atoms with Crippen LogP contribution < -0.4 is 10.1 Å². The van der Waals surface area contributed by atoms with Gasteiger partial charge in [-0.05, 0) is 30.3 Å². The van der Waals surface area contributed by atoms with Gasteiger partial charge in [-0.15, -0.1) is 0 Å². The van der Waals surface area contributed by atoms with E-state index in [0.717, 1.165) is 12.1 Å².